The Balaban J connectivity index is 2.56. The van der Waals surface area contributed by atoms with Gasteiger partial charge in [0.1, 0.15) is 0 Å². The Morgan fingerprint density at radius 1 is 1.00 bits per heavy atom. The van der Waals surface area contributed by atoms with Crippen LogP contribution in [0.25, 0.3) is 0 Å². The first-order chi connectivity index (χ1) is 5.80. The van der Waals surface area contributed by atoms with Gasteiger partial charge in [-0.2, -0.15) is 0 Å². The van der Waals surface area contributed by atoms with Crippen molar-refractivity contribution in [1.82, 2.24) is 0 Å². The summed E-state index contributed by atoms with van der Waals surface area (Å²) in [5, 5.41) is 0. The lowest BCUT2D eigenvalue weighted by atomic mass is 9.81. The minimum Gasteiger partial charge on any atom is -0.0625 e. The Bertz CT molecular complexity index is 178. The summed E-state index contributed by atoms with van der Waals surface area (Å²) in [6.07, 6.45) is 0. The van der Waals surface area contributed by atoms with E-state index >= 15 is 0 Å². The zero-order valence-corrected chi connectivity index (χ0v) is 10.4. The minimum absolute atomic E-state index is 0.614. The zero-order valence-electron chi connectivity index (χ0n) is 10.4. The molecule has 1 rings (SSSR count). The Morgan fingerprint density at radius 3 is 1.62 bits per heavy atom. The van der Waals surface area contributed by atoms with Crippen molar-refractivity contribution in [2.75, 3.05) is 0 Å². The molecule has 0 amide bonds. The Hall–Kier alpha value is 0. The van der Waals surface area contributed by atoms with Crippen LogP contribution in [0, 0.1) is 35.0 Å². The second-order valence-corrected chi connectivity index (χ2v) is 6.10. The van der Waals surface area contributed by atoms with Crippen molar-refractivity contribution in [1.29, 1.82) is 0 Å². The average molecular weight is 182 g/mol. The van der Waals surface area contributed by atoms with Gasteiger partial charge in [-0.05, 0) is 35.0 Å². The Kier molecular flexibility index (Phi) is 2.81. The van der Waals surface area contributed by atoms with Crippen LogP contribution in [0.3, 0.4) is 0 Å². The summed E-state index contributed by atoms with van der Waals surface area (Å²) in [6.45, 7) is 16.8. The monoisotopic (exact) mass is 182 g/mol. The molecule has 13 heavy (non-hydrogen) atoms. The SMILES string of the molecule is CC(C)C(C)C(C)C1C(C)C1(C)C. The van der Waals surface area contributed by atoms with Crippen molar-refractivity contribution in [3.63, 3.8) is 0 Å². The van der Waals surface area contributed by atoms with E-state index in [1.165, 1.54) is 0 Å². The largest absolute Gasteiger partial charge is 0.0625 e. The highest BCUT2D eigenvalue weighted by Crippen LogP contribution is 2.62. The van der Waals surface area contributed by atoms with Crippen LogP contribution in [-0.2, 0) is 0 Å². The van der Waals surface area contributed by atoms with E-state index < -0.39 is 0 Å². The summed E-state index contributed by atoms with van der Waals surface area (Å²) >= 11 is 0. The molecule has 0 spiro atoms. The van der Waals surface area contributed by atoms with E-state index in [0.29, 0.717) is 5.41 Å². The molecular formula is C13H26. The van der Waals surface area contributed by atoms with E-state index in [1.54, 1.807) is 0 Å². The normalized spacial score (nSPS) is 36.0. The van der Waals surface area contributed by atoms with Gasteiger partial charge in [0.15, 0.2) is 0 Å². The fourth-order valence-corrected chi connectivity index (χ4v) is 3.01. The molecule has 0 N–H and O–H groups in total. The fourth-order valence-electron chi connectivity index (χ4n) is 3.01. The van der Waals surface area contributed by atoms with Crippen LogP contribution in [-0.4, -0.2) is 0 Å². The average Bonchev–Trinajstić information content (AvgIpc) is 2.49. The standard InChI is InChI=1S/C13H26/c1-8(2)9(3)10(4)12-11(5)13(12,6)7/h8-12H,1-7H3. The predicted octanol–water partition coefficient (Wildman–Crippen LogP) is 4.21. The quantitative estimate of drug-likeness (QED) is 0.613. The van der Waals surface area contributed by atoms with Crippen LogP contribution < -0.4 is 0 Å². The predicted molar refractivity (Wildman–Crippen MR) is 59.6 cm³/mol. The summed E-state index contributed by atoms with van der Waals surface area (Å²) in [7, 11) is 0. The summed E-state index contributed by atoms with van der Waals surface area (Å²) in [4.78, 5) is 0. The third-order valence-corrected chi connectivity index (χ3v) is 4.91. The van der Waals surface area contributed by atoms with Gasteiger partial charge in [0.2, 0.25) is 0 Å². The molecule has 0 aliphatic heterocycles. The summed E-state index contributed by atoms with van der Waals surface area (Å²) < 4.78 is 0. The van der Waals surface area contributed by atoms with Gasteiger partial charge in [-0.1, -0.05) is 48.5 Å². The van der Waals surface area contributed by atoms with Crippen molar-refractivity contribution < 1.29 is 0 Å². The zero-order chi connectivity index (χ0) is 10.4. The van der Waals surface area contributed by atoms with E-state index in [9.17, 15) is 0 Å². The summed E-state index contributed by atoms with van der Waals surface area (Å²) in [6, 6.07) is 0. The molecule has 1 fully saturated rings. The van der Waals surface area contributed by atoms with E-state index in [0.717, 1.165) is 29.6 Å². The molecule has 0 aromatic rings. The molecule has 1 saturated carbocycles. The maximum atomic E-state index is 2.45. The highest BCUT2D eigenvalue weighted by Gasteiger charge is 2.57. The first-order valence-electron chi connectivity index (χ1n) is 5.80. The van der Waals surface area contributed by atoms with Crippen LogP contribution in [0.15, 0.2) is 0 Å². The van der Waals surface area contributed by atoms with Gasteiger partial charge in [-0.25, -0.2) is 0 Å². The summed E-state index contributed by atoms with van der Waals surface area (Å²) in [5.74, 6) is 4.49. The molecular weight excluding hydrogens is 156 g/mol. The smallest absolute Gasteiger partial charge is 0.0292 e. The lowest BCUT2D eigenvalue weighted by molar-refractivity contribution is 0.244. The van der Waals surface area contributed by atoms with Crippen LogP contribution >= 0.6 is 0 Å². The van der Waals surface area contributed by atoms with Crippen LogP contribution in [0.5, 0.6) is 0 Å². The maximum Gasteiger partial charge on any atom is -0.0292 e. The number of hydrogen-bond donors (Lipinski definition) is 0. The van der Waals surface area contributed by atoms with E-state index in [2.05, 4.69) is 48.5 Å². The third kappa shape index (κ3) is 1.78. The first kappa shape index (κ1) is 11.1. The molecule has 0 heterocycles. The van der Waals surface area contributed by atoms with Gasteiger partial charge in [0.25, 0.3) is 0 Å². The topological polar surface area (TPSA) is 0 Å². The molecule has 1 aliphatic rings. The van der Waals surface area contributed by atoms with E-state index in [4.69, 9.17) is 0 Å². The van der Waals surface area contributed by atoms with Crippen molar-refractivity contribution in [3.8, 4) is 0 Å². The Labute approximate surface area is 84.1 Å². The third-order valence-electron chi connectivity index (χ3n) is 4.91. The Morgan fingerprint density at radius 2 is 1.38 bits per heavy atom. The number of rotatable bonds is 3. The molecule has 0 aromatic heterocycles. The second kappa shape index (κ2) is 3.29. The first-order valence-corrected chi connectivity index (χ1v) is 5.80. The highest BCUT2D eigenvalue weighted by molar-refractivity contribution is 5.05. The lowest BCUT2D eigenvalue weighted by Crippen LogP contribution is -2.18. The molecule has 4 atom stereocenters. The molecule has 0 bridgehead atoms. The molecule has 0 radical (unpaired) electrons. The molecule has 0 heteroatoms. The minimum atomic E-state index is 0.614. The fraction of sp³-hybridized carbons (Fsp3) is 1.00. The number of hydrogen-bond acceptors (Lipinski definition) is 0. The van der Waals surface area contributed by atoms with Crippen molar-refractivity contribution >= 4 is 0 Å². The van der Waals surface area contributed by atoms with E-state index in [-0.39, 0.29) is 0 Å². The maximum absolute atomic E-state index is 2.45. The van der Waals surface area contributed by atoms with Gasteiger partial charge < -0.3 is 0 Å². The van der Waals surface area contributed by atoms with Gasteiger partial charge >= 0.3 is 0 Å². The molecule has 0 aromatic carbocycles. The van der Waals surface area contributed by atoms with Crippen LogP contribution in [0.4, 0.5) is 0 Å². The van der Waals surface area contributed by atoms with E-state index in [1.807, 2.05) is 0 Å². The van der Waals surface area contributed by atoms with Gasteiger partial charge in [0.05, 0.1) is 0 Å². The highest BCUT2D eigenvalue weighted by atomic mass is 14.6. The van der Waals surface area contributed by atoms with Crippen molar-refractivity contribution in [2.24, 2.45) is 35.0 Å². The lowest BCUT2D eigenvalue weighted by Gasteiger charge is -2.24. The van der Waals surface area contributed by atoms with Crippen molar-refractivity contribution in [3.05, 3.63) is 0 Å². The van der Waals surface area contributed by atoms with Gasteiger partial charge in [-0.15, -0.1) is 0 Å². The summed E-state index contributed by atoms with van der Waals surface area (Å²) in [5.41, 5.74) is 0.614. The molecule has 0 nitrogen and oxygen atoms in total. The molecule has 78 valence electrons. The molecule has 4 unspecified atom stereocenters. The second-order valence-electron chi connectivity index (χ2n) is 6.10. The van der Waals surface area contributed by atoms with Crippen molar-refractivity contribution in [2.45, 2.75) is 48.5 Å². The van der Waals surface area contributed by atoms with Gasteiger partial charge in [0, 0.05) is 0 Å². The molecule has 0 saturated heterocycles. The van der Waals surface area contributed by atoms with Crippen LogP contribution in [0.1, 0.15) is 48.5 Å². The van der Waals surface area contributed by atoms with Crippen LogP contribution in [0.2, 0.25) is 0 Å². The molecule has 1 aliphatic carbocycles. The van der Waals surface area contributed by atoms with Gasteiger partial charge in [-0.3, -0.25) is 0 Å².